The van der Waals surface area contributed by atoms with Crippen molar-refractivity contribution in [3.05, 3.63) is 34.9 Å². The Morgan fingerprint density at radius 3 is 2.65 bits per heavy atom. The molecule has 4 atom stereocenters. The van der Waals surface area contributed by atoms with Gasteiger partial charge in [0.05, 0.1) is 19.3 Å². The zero-order valence-corrected chi connectivity index (χ0v) is 14.1. The number of hydrogen-bond acceptors (Lipinski definition) is 4. The third-order valence-corrected chi connectivity index (χ3v) is 6.33. The highest BCUT2D eigenvalue weighted by Gasteiger charge is 2.57. The van der Waals surface area contributed by atoms with Crippen LogP contribution in [0.4, 0.5) is 0 Å². The molecule has 1 fully saturated rings. The average molecular weight is 318 g/mol. The summed E-state index contributed by atoms with van der Waals surface area (Å²) in [6.45, 7) is 4.54. The number of rotatable bonds is 3. The number of esters is 1. The summed E-state index contributed by atoms with van der Waals surface area (Å²) >= 11 is 0. The van der Waals surface area contributed by atoms with Crippen molar-refractivity contribution in [2.75, 3.05) is 20.3 Å². The van der Waals surface area contributed by atoms with Crippen molar-refractivity contribution in [3.63, 3.8) is 0 Å². The standard InChI is InChI=1S/C19H26O4/c1-18(11-21)7-4-8-19(2)15-6-5-12(17(22)23-3)9-13(15)14(10-20)16(18)19/h5-6,9,14,16,20-21H,4,7-8,10-11H2,1-3H3. The van der Waals surface area contributed by atoms with Crippen molar-refractivity contribution in [2.24, 2.45) is 11.3 Å². The summed E-state index contributed by atoms with van der Waals surface area (Å²) in [6.07, 6.45) is 3.09. The van der Waals surface area contributed by atoms with Crippen LogP contribution in [0.25, 0.3) is 0 Å². The first-order chi connectivity index (χ1) is 10.9. The first kappa shape index (κ1) is 16.5. The molecule has 4 heteroatoms. The molecule has 2 aliphatic rings. The van der Waals surface area contributed by atoms with Gasteiger partial charge in [-0.05, 0) is 52.8 Å². The fraction of sp³-hybridized carbons (Fsp3) is 0.632. The zero-order valence-electron chi connectivity index (χ0n) is 14.1. The lowest BCUT2D eigenvalue weighted by atomic mass is 9.54. The van der Waals surface area contributed by atoms with Crippen LogP contribution in [0.1, 0.15) is 60.5 Å². The number of carbonyl (C=O) groups excluding carboxylic acids is 1. The fourth-order valence-corrected chi connectivity index (χ4v) is 5.37. The Balaban J connectivity index is 2.15. The van der Waals surface area contributed by atoms with E-state index in [1.54, 1.807) is 0 Å². The van der Waals surface area contributed by atoms with Gasteiger partial charge in [-0.25, -0.2) is 4.79 Å². The Morgan fingerprint density at radius 2 is 2.04 bits per heavy atom. The van der Waals surface area contributed by atoms with Crippen molar-refractivity contribution in [1.29, 1.82) is 0 Å². The number of aliphatic hydroxyl groups is 2. The van der Waals surface area contributed by atoms with Gasteiger partial charge in [0, 0.05) is 12.5 Å². The molecule has 4 nitrogen and oxygen atoms in total. The number of hydrogen-bond donors (Lipinski definition) is 2. The molecule has 4 unspecified atom stereocenters. The van der Waals surface area contributed by atoms with Gasteiger partial charge in [0.2, 0.25) is 0 Å². The lowest BCUT2D eigenvalue weighted by Gasteiger charge is -2.50. The van der Waals surface area contributed by atoms with Gasteiger partial charge < -0.3 is 14.9 Å². The van der Waals surface area contributed by atoms with Crippen LogP contribution in [0.15, 0.2) is 18.2 Å². The smallest absolute Gasteiger partial charge is 0.337 e. The minimum Gasteiger partial charge on any atom is -0.465 e. The molecule has 1 saturated carbocycles. The molecule has 23 heavy (non-hydrogen) atoms. The molecule has 0 spiro atoms. The van der Waals surface area contributed by atoms with Gasteiger partial charge in [-0.3, -0.25) is 0 Å². The fourth-order valence-electron chi connectivity index (χ4n) is 5.37. The van der Waals surface area contributed by atoms with Gasteiger partial charge in [-0.15, -0.1) is 0 Å². The number of carbonyl (C=O) groups is 1. The maximum Gasteiger partial charge on any atom is 0.337 e. The molecule has 2 N–H and O–H groups in total. The van der Waals surface area contributed by atoms with E-state index in [2.05, 4.69) is 13.8 Å². The first-order valence-electron chi connectivity index (χ1n) is 8.36. The molecular weight excluding hydrogens is 292 g/mol. The van der Waals surface area contributed by atoms with Gasteiger partial charge in [-0.2, -0.15) is 0 Å². The highest BCUT2D eigenvalue weighted by molar-refractivity contribution is 5.89. The minimum atomic E-state index is -0.352. The van der Waals surface area contributed by atoms with Gasteiger partial charge in [-0.1, -0.05) is 26.3 Å². The van der Waals surface area contributed by atoms with Gasteiger partial charge in [0.25, 0.3) is 0 Å². The summed E-state index contributed by atoms with van der Waals surface area (Å²) in [7, 11) is 1.38. The predicted octanol–water partition coefficient (Wildman–Crippen LogP) is 2.62. The van der Waals surface area contributed by atoms with Crippen molar-refractivity contribution >= 4 is 5.97 Å². The summed E-state index contributed by atoms with van der Waals surface area (Å²) in [5.74, 6) is -0.215. The lowest BCUT2D eigenvalue weighted by Crippen LogP contribution is -2.47. The van der Waals surface area contributed by atoms with Gasteiger partial charge >= 0.3 is 5.97 Å². The van der Waals surface area contributed by atoms with Crippen LogP contribution < -0.4 is 0 Å². The SMILES string of the molecule is COC(=O)c1ccc2c(c1)C(CO)C1C(C)(CO)CCCC21C. The second kappa shape index (κ2) is 5.60. The van der Waals surface area contributed by atoms with Gasteiger partial charge in [0.1, 0.15) is 0 Å². The van der Waals surface area contributed by atoms with E-state index in [0.717, 1.165) is 24.8 Å². The number of fused-ring (bicyclic) bond motifs is 3. The molecule has 0 heterocycles. The molecule has 0 bridgehead atoms. The highest BCUT2D eigenvalue weighted by Crippen LogP contribution is 2.63. The van der Waals surface area contributed by atoms with E-state index < -0.39 is 0 Å². The second-order valence-corrected chi connectivity index (χ2v) is 7.64. The van der Waals surface area contributed by atoms with Crippen LogP contribution in [0.3, 0.4) is 0 Å². The van der Waals surface area contributed by atoms with Crippen molar-refractivity contribution in [2.45, 2.75) is 44.4 Å². The van der Waals surface area contributed by atoms with E-state index >= 15 is 0 Å². The molecule has 126 valence electrons. The predicted molar refractivity (Wildman–Crippen MR) is 87.5 cm³/mol. The van der Waals surface area contributed by atoms with E-state index in [-0.39, 0.29) is 41.8 Å². The van der Waals surface area contributed by atoms with E-state index in [1.165, 1.54) is 12.7 Å². The Hall–Kier alpha value is -1.39. The minimum absolute atomic E-state index is 0.0352. The maximum absolute atomic E-state index is 11.9. The number of benzene rings is 1. The molecule has 2 aliphatic carbocycles. The second-order valence-electron chi connectivity index (χ2n) is 7.64. The largest absolute Gasteiger partial charge is 0.465 e. The Kier molecular flexibility index (Phi) is 4.01. The van der Waals surface area contributed by atoms with Crippen LogP contribution in [0, 0.1) is 11.3 Å². The lowest BCUT2D eigenvalue weighted by molar-refractivity contribution is -0.0211. The molecule has 3 rings (SSSR count). The Morgan fingerprint density at radius 1 is 1.30 bits per heavy atom. The Bertz CT molecular complexity index is 626. The van der Waals surface area contributed by atoms with Gasteiger partial charge in [0.15, 0.2) is 0 Å². The first-order valence-corrected chi connectivity index (χ1v) is 8.36. The van der Waals surface area contributed by atoms with E-state index in [9.17, 15) is 15.0 Å². The van der Waals surface area contributed by atoms with E-state index in [4.69, 9.17) is 4.74 Å². The van der Waals surface area contributed by atoms with Crippen molar-refractivity contribution in [1.82, 2.24) is 0 Å². The van der Waals surface area contributed by atoms with Crippen LogP contribution >= 0.6 is 0 Å². The number of methoxy groups -OCH3 is 1. The van der Waals surface area contributed by atoms with E-state index in [0.29, 0.717) is 5.56 Å². The van der Waals surface area contributed by atoms with Crippen molar-refractivity contribution in [3.8, 4) is 0 Å². The van der Waals surface area contributed by atoms with Crippen LogP contribution in [-0.4, -0.2) is 36.5 Å². The summed E-state index contributed by atoms with van der Waals surface area (Å²) in [6, 6.07) is 5.72. The molecule has 1 aromatic rings. The molecule has 0 aliphatic heterocycles. The quantitative estimate of drug-likeness (QED) is 0.841. The summed E-state index contributed by atoms with van der Waals surface area (Å²) in [5.41, 5.74) is 2.52. The third-order valence-electron chi connectivity index (χ3n) is 6.33. The number of aliphatic hydroxyl groups excluding tert-OH is 2. The monoisotopic (exact) mass is 318 g/mol. The summed E-state index contributed by atoms with van der Waals surface area (Å²) in [4.78, 5) is 11.9. The van der Waals surface area contributed by atoms with Crippen LogP contribution in [-0.2, 0) is 10.2 Å². The van der Waals surface area contributed by atoms with Crippen molar-refractivity contribution < 1.29 is 19.7 Å². The number of ether oxygens (including phenoxy) is 1. The van der Waals surface area contributed by atoms with Crippen LogP contribution in [0.5, 0.6) is 0 Å². The topological polar surface area (TPSA) is 66.8 Å². The highest BCUT2D eigenvalue weighted by atomic mass is 16.5. The summed E-state index contributed by atoms with van der Waals surface area (Å²) in [5, 5.41) is 20.1. The maximum atomic E-state index is 11.9. The molecule has 0 radical (unpaired) electrons. The average Bonchev–Trinajstić information content (AvgIpc) is 2.83. The third kappa shape index (κ3) is 2.23. The molecule has 0 amide bonds. The zero-order chi connectivity index (χ0) is 16.8. The molecule has 0 saturated heterocycles. The molecular formula is C19H26O4. The molecule has 1 aromatic carbocycles. The van der Waals surface area contributed by atoms with E-state index in [1.807, 2.05) is 18.2 Å². The summed E-state index contributed by atoms with van der Waals surface area (Å²) < 4.78 is 4.83. The Labute approximate surface area is 137 Å². The normalized spacial score (nSPS) is 35.5. The molecule has 0 aromatic heterocycles. The van der Waals surface area contributed by atoms with Crippen LogP contribution in [0.2, 0.25) is 0 Å².